The Labute approximate surface area is 153 Å². The third-order valence-corrected chi connectivity index (χ3v) is 4.29. The third-order valence-electron chi connectivity index (χ3n) is 4.29. The molecule has 4 aromatic rings. The number of rotatable bonds is 4. The van der Waals surface area contributed by atoms with Gasteiger partial charge in [-0.05, 0) is 30.3 Å². The number of fused-ring (bicyclic) bond motifs is 2. The second-order valence-electron chi connectivity index (χ2n) is 6.08. The van der Waals surface area contributed by atoms with Crippen LogP contribution in [0.1, 0.15) is 16.1 Å². The van der Waals surface area contributed by atoms with Gasteiger partial charge in [0.1, 0.15) is 11.3 Å². The summed E-state index contributed by atoms with van der Waals surface area (Å²) in [5.41, 5.74) is 1.86. The van der Waals surface area contributed by atoms with E-state index in [4.69, 9.17) is 18.4 Å². The molecule has 0 unspecified atom stereocenters. The minimum absolute atomic E-state index is 0.171. The van der Waals surface area contributed by atoms with E-state index >= 15 is 0 Å². The number of para-hydroxylation sites is 1. The van der Waals surface area contributed by atoms with Gasteiger partial charge in [-0.3, -0.25) is 4.79 Å². The zero-order valence-corrected chi connectivity index (χ0v) is 14.1. The van der Waals surface area contributed by atoms with E-state index in [1.807, 2.05) is 30.3 Å². The molecule has 1 aliphatic rings. The topological polar surface area (TPSA) is 86.7 Å². The number of aromatic nitrogens is 1. The van der Waals surface area contributed by atoms with Gasteiger partial charge >= 0.3 is 0 Å². The lowest BCUT2D eigenvalue weighted by atomic mass is 10.2. The summed E-state index contributed by atoms with van der Waals surface area (Å²) in [5, 5.41) is 7.79. The molecule has 0 spiro atoms. The van der Waals surface area contributed by atoms with Crippen molar-refractivity contribution in [3.8, 4) is 23.0 Å². The molecular weight excluding hydrogens is 348 g/mol. The summed E-state index contributed by atoms with van der Waals surface area (Å²) in [6, 6.07) is 16.4. The first-order chi connectivity index (χ1) is 13.3. The van der Waals surface area contributed by atoms with E-state index in [9.17, 15) is 4.79 Å². The lowest BCUT2D eigenvalue weighted by Gasteiger charge is -2.04. The smallest absolute Gasteiger partial charge is 0.251 e. The average molecular weight is 362 g/mol. The van der Waals surface area contributed by atoms with Crippen molar-refractivity contribution in [3.05, 3.63) is 65.9 Å². The fourth-order valence-electron chi connectivity index (χ4n) is 2.93. The minimum Gasteiger partial charge on any atom is -0.454 e. The van der Waals surface area contributed by atoms with Gasteiger partial charge in [0.15, 0.2) is 17.3 Å². The van der Waals surface area contributed by atoms with E-state index in [-0.39, 0.29) is 19.2 Å². The van der Waals surface area contributed by atoms with Crippen LogP contribution in [0.2, 0.25) is 0 Å². The van der Waals surface area contributed by atoms with E-state index in [0.29, 0.717) is 34.3 Å². The first kappa shape index (κ1) is 15.5. The van der Waals surface area contributed by atoms with Gasteiger partial charge in [0.25, 0.3) is 5.91 Å². The van der Waals surface area contributed by atoms with Crippen LogP contribution in [0.5, 0.6) is 11.5 Å². The number of nitrogens with zero attached hydrogens (tertiary/aromatic N) is 1. The summed E-state index contributed by atoms with van der Waals surface area (Å²) in [6.07, 6.45) is 0. The van der Waals surface area contributed by atoms with Crippen LogP contribution in [0.3, 0.4) is 0 Å². The van der Waals surface area contributed by atoms with Crippen molar-refractivity contribution in [2.24, 2.45) is 0 Å². The molecule has 0 fully saturated rings. The van der Waals surface area contributed by atoms with Gasteiger partial charge in [-0.2, -0.15) is 0 Å². The van der Waals surface area contributed by atoms with Crippen molar-refractivity contribution < 1.29 is 23.2 Å². The molecule has 0 aliphatic carbocycles. The Morgan fingerprint density at radius 2 is 1.89 bits per heavy atom. The van der Waals surface area contributed by atoms with Crippen molar-refractivity contribution in [2.75, 3.05) is 6.79 Å². The van der Waals surface area contributed by atoms with E-state index in [2.05, 4.69) is 10.5 Å². The van der Waals surface area contributed by atoms with Gasteiger partial charge in [-0.25, -0.2) is 0 Å². The average Bonchev–Trinajstić information content (AvgIpc) is 3.43. The first-order valence-corrected chi connectivity index (χ1v) is 8.39. The molecule has 7 heteroatoms. The van der Waals surface area contributed by atoms with Crippen molar-refractivity contribution in [1.29, 1.82) is 0 Å². The molecule has 0 bridgehead atoms. The summed E-state index contributed by atoms with van der Waals surface area (Å²) in [5.74, 6) is 2.08. The summed E-state index contributed by atoms with van der Waals surface area (Å²) >= 11 is 0. The zero-order chi connectivity index (χ0) is 18.2. The number of furan rings is 1. The van der Waals surface area contributed by atoms with Crippen LogP contribution >= 0.6 is 0 Å². The Hall–Kier alpha value is -3.74. The predicted molar refractivity (Wildman–Crippen MR) is 95.4 cm³/mol. The lowest BCUT2D eigenvalue weighted by molar-refractivity contribution is 0.0949. The number of amides is 1. The molecule has 1 amide bonds. The molecule has 2 aromatic heterocycles. The SMILES string of the molecule is O=C(NCc1cc(-c2cc3ccccc3o2)on1)c1ccc2c(c1)OCO2. The minimum atomic E-state index is -0.235. The Kier molecular flexibility index (Phi) is 3.57. The largest absolute Gasteiger partial charge is 0.454 e. The van der Waals surface area contributed by atoms with Crippen molar-refractivity contribution >= 4 is 16.9 Å². The lowest BCUT2D eigenvalue weighted by Crippen LogP contribution is -2.22. The number of carbonyl (C=O) groups excluding carboxylic acids is 1. The Bertz CT molecular complexity index is 1110. The van der Waals surface area contributed by atoms with Gasteiger partial charge in [-0.1, -0.05) is 23.4 Å². The van der Waals surface area contributed by atoms with Crippen LogP contribution in [0, 0.1) is 0 Å². The molecule has 27 heavy (non-hydrogen) atoms. The Morgan fingerprint density at radius 3 is 2.81 bits per heavy atom. The number of hydrogen-bond donors (Lipinski definition) is 1. The van der Waals surface area contributed by atoms with Gasteiger partial charge < -0.3 is 23.7 Å². The third kappa shape index (κ3) is 2.89. The molecule has 0 saturated heterocycles. The summed E-state index contributed by atoms with van der Waals surface area (Å²) in [4.78, 5) is 12.3. The first-order valence-electron chi connectivity index (χ1n) is 8.39. The van der Waals surface area contributed by atoms with Crippen LogP contribution in [0.15, 0.2) is 63.5 Å². The van der Waals surface area contributed by atoms with Gasteiger partial charge in [0, 0.05) is 17.0 Å². The fourth-order valence-corrected chi connectivity index (χ4v) is 2.93. The van der Waals surface area contributed by atoms with Crippen molar-refractivity contribution in [2.45, 2.75) is 6.54 Å². The second kappa shape index (κ2) is 6.21. The Morgan fingerprint density at radius 1 is 1.00 bits per heavy atom. The molecule has 3 heterocycles. The molecule has 7 nitrogen and oxygen atoms in total. The van der Waals surface area contributed by atoms with Crippen LogP contribution < -0.4 is 14.8 Å². The van der Waals surface area contributed by atoms with Crippen molar-refractivity contribution in [3.63, 3.8) is 0 Å². The fraction of sp³-hybridized carbons (Fsp3) is 0.100. The number of ether oxygens (including phenoxy) is 2. The van der Waals surface area contributed by atoms with Gasteiger partial charge in [0.2, 0.25) is 12.6 Å². The quantitative estimate of drug-likeness (QED) is 0.595. The zero-order valence-electron chi connectivity index (χ0n) is 14.1. The van der Waals surface area contributed by atoms with Crippen LogP contribution in [-0.2, 0) is 6.54 Å². The highest BCUT2D eigenvalue weighted by Crippen LogP contribution is 2.32. The normalized spacial score (nSPS) is 12.4. The molecule has 1 aliphatic heterocycles. The number of nitrogens with one attached hydrogen (secondary N) is 1. The number of hydrogen-bond acceptors (Lipinski definition) is 6. The van der Waals surface area contributed by atoms with E-state index in [0.717, 1.165) is 11.0 Å². The predicted octanol–water partition coefficient (Wildman–Crippen LogP) is 3.75. The molecule has 134 valence electrons. The summed E-state index contributed by atoms with van der Waals surface area (Å²) in [6.45, 7) is 0.404. The molecule has 0 radical (unpaired) electrons. The number of benzene rings is 2. The molecule has 0 atom stereocenters. The number of carbonyl (C=O) groups is 1. The molecular formula is C20H14N2O5. The molecule has 1 N–H and O–H groups in total. The monoisotopic (exact) mass is 362 g/mol. The van der Waals surface area contributed by atoms with Crippen LogP contribution in [-0.4, -0.2) is 17.9 Å². The van der Waals surface area contributed by atoms with E-state index in [1.54, 1.807) is 24.3 Å². The maximum absolute atomic E-state index is 12.3. The van der Waals surface area contributed by atoms with E-state index < -0.39 is 0 Å². The van der Waals surface area contributed by atoms with Crippen LogP contribution in [0.4, 0.5) is 0 Å². The van der Waals surface area contributed by atoms with Crippen LogP contribution in [0.25, 0.3) is 22.5 Å². The highest BCUT2D eigenvalue weighted by molar-refractivity contribution is 5.94. The highest BCUT2D eigenvalue weighted by atomic mass is 16.7. The Balaban J connectivity index is 1.28. The molecule has 0 saturated carbocycles. The second-order valence-corrected chi connectivity index (χ2v) is 6.08. The van der Waals surface area contributed by atoms with Gasteiger partial charge in [0.05, 0.1) is 6.54 Å². The highest BCUT2D eigenvalue weighted by Gasteiger charge is 2.17. The maximum Gasteiger partial charge on any atom is 0.251 e. The van der Waals surface area contributed by atoms with E-state index in [1.165, 1.54) is 0 Å². The molecule has 2 aromatic carbocycles. The van der Waals surface area contributed by atoms with Crippen molar-refractivity contribution in [1.82, 2.24) is 10.5 Å². The standard InChI is InChI=1S/C20H14N2O5/c23-20(13-5-6-16-17(8-13)25-11-24-16)21-10-14-9-19(27-22-14)18-7-12-3-1-2-4-15(12)26-18/h1-9H,10-11H2,(H,21,23). The summed E-state index contributed by atoms with van der Waals surface area (Å²) in [7, 11) is 0. The molecule has 5 rings (SSSR count). The van der Waals surface area contributed by atoms with Gasteiger partial charge in [-0.15, -0.1) is 0 Å². The maximum atomic E-state index is 12.3. The summed E-state index contributed by atoms with van der Waals surface area (Å²) < 4.78 is 21.6.